The third kappa shape index (κ3) is 3.51. The second-order valence-electron chi connectivity index (χ2n) is 3.57. The number of rotatable bonds is 4. The van der Waals surface area contributed by atoms with Crippen molar-refractivity contribution in [1.29, 1.82) is 0 Å². The second kappa shape index (κ2) is 6.12. The predicted octanol–water partition coefficient (Wildman–Crippen LogP) is 4.75. The lowest BCUT2D eigenvalue weighted by Gasteiger charge is -2.07. The summed E-state index contributed by atoms with van der Waals surface area (Å²) in [5.41, 5.74) is 1.31. The summed E-state index contributed by atoms with van der Waals surface area (Å²) >= 11 is 5.23. The van der Waals surface area contributed by atoms with Crippen LogP contribution in [0.4, 0.5) is 0 Å². The molecule has 0 saturated heterocycles. The molecular weight excluding hydrogens is 296 g/mol. The number of para-hydroxylation sites is 1. The molecule has 3 heteroatoms. The Morgan fingerprint density at radius 2 is 1.76 bits per heavy atom. The average molecular weight is 309 g/mol. The van der Waals surface area contributed by atoms with Crippen molar-refractivity contribution in [2.75, 3.05) is 7.11 Å². The van der Waals surface area contributed by atoms with Crippen LogP contribution in [-0.2, 0) is 5.75 Å². The molecule has 88 valence electrons. The molecule has 0 atom stereocenters. The molecule has 0 amide bonds. The van der Waals surface area contributed by atoms with Crippen molar-refractivity contribution in [3.8, 4) is 5.75 Å². The van der Waals surface area contributed by atoms with Crippen molar-refractivity contribution >= 4 is 27.7 Å². The fraction of sp³-hybridized carbons (Fsp3) is 0.143. The predicted molar refractivity (Wildman–Crippen MR) is 76.7 cm³/mol. The number of hydrogen-bond acceptors (Lipinski definition) is 2. The minimum absolute atomic E-state index is 0.939. The molecule has 1 nitrogen and oxygen atoms in total. The van der Waals surface area contributed by atoms with Gasteiger partial charge in [-0.2, -0.15) is 0 Å². The van der Waals surface area contributed by atoms with Crippen LogP contribution in [0.3, 0.4) is 0 Å². The van der Waals surface area contributed by atoms with Crippen molar-refractivity contribution in [1.82, 2.24) is 0 Å². The smallest absolute Gasteiger partial charge is 0.132 e. The fourth-order valence-electron chi connectivity index (χ4n) is 1.48. The summed E-state index contributed by atoms with van der Waals surface area (Å²) in [6.45, 7) is 0. The van der Waals surface area contributed by atoms with E-state index in [4.69, 9.17) is 4.74 Å². The van der Waals surface area contributed by atoms with Gasteiger partial charge in [0.1, 0.15) is 5.75 Å². The van der Waals surface area contributed by atoms with Gasteiger partial charge >= 0.3 is 0 Å². The molecule has 0 aromatic heterocycles. The molecule has 0 radical (unpaired) electrons. The fourth-order valence-corrected chi connectivity index (χ4v) is 2.73. The van der Waals surface area contributed by atoms with Gasteiger partial charge in [-0.3, -0.25) is 0 Å². The van der Waals surface area contributed by atoms with Gasteiger partial charge in [-0.1, -0.05) is 40.2 Å². The number of ether oxygens (including phenoxy) is 1. The minimum atomic E-state index is 0.939. The summed E-state index contributed by atoms with van der Waals surface area (Å²) in [6.07, 6.45) is 0. The number of benzene rings is 2. The highest BCUT2D eigenvalue weighted by Gasteiger charge is 2.02. The molecular formula is C14H13BrOS. The lowest BCUT2D eigenvalue weighted by atomic mass is 10.2. The number of thioether (sulfide) groups is 1. The molecule has 0 heterocycles. The highest BCUT2D eigenvalue weighted by atomic mass is 79.9. The topological polar surface area (TPSA) is 9.23 Å². The van der Waals surface area contributed by atoms with Gasteiger partial charge < -0.3 is 4.74 Å². The second-order valence-corrected chi connectivity index (χ2v) is 5.50. The molecule has 2 aromatic carbocycles. The van der Waals surface area contributed by atoms with Crippen molar-refractivity contribution in [3.05, 3.63) is 58.6 Å². The normalized spacial score (nSPS) is 10.2. The molecule has 0 fully saturated rings. The first kappa shape index (κ1) is 12.5. The molecule has 0 saturated carbocycles. The van der Waals surface area contributed by atoms with Crippen molar-refractivity contribution in [2.24, 2.45) is 0 Å². The molecule has 0 aliphatic rings. The van der Waals surface area contributed by atoms with Crippen molar-refractivity contribution < 1.29 is 4.74 Å². The zero-order valence-electron chi connectivity index (χ0n) is 9.52. The molecule has 2 rings (SSSR count). The van der Waals surface area contributed by atoms with Gasteiger partial charge in [-0.05, 0) is 29.8 Å². The maximum absolute atomic E-state index is 5.32. The Bertz CT molecular complexity index is 482. The van der Waals surface area contributed by atoms with E-state index in [1.165, 1.54) is 10.5 Å². The summed E-state index contributed by atoms with van der Waals surface area (Å²) in [5, 5.41) is 0. The van der Waals surface area contributed by atoms with Crippen LogP contribution in [0.15, 0.2) is 57.9 Å². The highest BCUT2D eigenvalue weighted by molar-refractivity contribution is 9.10. The molecule has 0 unspecified atom stereocenters. The first-order valence-electron chi connectivity index (χ1n) is 5.30. The van der Waals surface area contributed by atoms with Gasteiger partial charge in [0.05, 0.1) is 7.11 Å². The quantitative estimate of drug-likeness (QED) is 0.754. The van der Waals surface area contributed by atoms with E-state index in [9.17, 15) is 0 Å². The largest absolute Gasteiger partial charge is 0.496 e. The van der Waals surface area contributed by atoms with E-state index in [1.807, 2.05) is 18.2 Å². The Balaban J connectivity index is 2.04. The van der Waals surface area contributed by atoms with Crippen LogP contribution < -0.4 is 4.74 Å². The summed E-state index contributed by atoms with van der Waals surface area (Å²) in [5.74, 6) is 1.89. The van der Waals surface area contributed by atoms with E-state index in [2.05, 4.69) is 46.3 Å². The van der Waals surface area contributed by atoms with Crippen LogP contribution in [0.2, 0.25) is 0 Å². The molecule has 0 N–H and O–H groups in total. The van der Waals surface area contributed by atoms with Gasteiger partial charge in [-0.15, -0.1) is 11.8 Å². The van der Waals surface area contributed by atoms with E-state index < -0.39 is 0 Å². The van der Waals surface area contributed by atoms with Crippen molar-refractivity contribution in [3.63, 3.8) is 0 Å². The van der Waals surface area contributed by atoms with E-state index in [-0.39, 0.29) is 0 Å². The van der Waals surface area contributed by atoms with Crippen LogP contribution in [0.5, 0.6) is 5.75 Å². The first-order chi connectivity index (χ1) is 8.29. The zero-order valence-corrected chi connectivity index (χ0v) is 11.9. The lowest BCUT2D eigenvalue weighted by molar-refractivity contribution is 0.405. The summed E-state index contributed by atoms with van der Waals surface area (Å²) < 4.78 is 6.44. The maximum atomic E-state index is 5.32. The summed E-state index contributed by atoms with van der Waals surface area (Å²) in [4.78, 5) is 1.18. The van der Waals surface area contributed by atoms with Gasteiger partial charge in [0, 0.05) is 15.1 Å². The Morgan fingerprint density at radius 3 is 2.47 bits per heavy atom. The molecule has 0 aliphatic heterocycles. The van der Waals surface area contributed by atoms with E-state index in [0.717, 1.165) is 16.0 Å². The molecule has 0 aliphatic carbocycles. The molecule has 17 heavy (non-hydrogen) atoms. The summed E-state index contributed by atoms with van der Waals surface area (Å²) in [6, 6.07) is 16.5. The third-order valence-corrected chi connectivity index (χ3v) is 4.03. The number of methoxy groups -OCH3 is 1. The Kier molecular flexibility index (Phi) is 4.51. The zero-order chi connectivity index (χ0) is 12.1. The summed E-state index contributed by atoms with van der Waals surface area (Å²) in [7, 11) is 1.71. The molecule has 0 spiro atoms. The molecule has 2 aromatic rings. The van der Waals surface area contributed by atoms with E-state index in [0.29, 0.717) is 0 Å². The Labute approximate surface area is 114 Å². The van der Waals surface area contributed by atoms with Crippen LogP contribution >= 0.6 is 27.7 Å². The van der Waals surface area contributed by atoms with Crippen LogP contribution in [0.1, 0.15) is 5.56 Å². The van der Waals surface area contributed by atoms with E-state index >= 15 is 0 Å². The number of halogens is 1. The maximum Gasteiger partial charge on any atom is 0.132 e. The van der Waals surface area contributed by atoms with Gasteiger partial charge in [0.25, 0.3) is 0 Å². The van der Waals surface area contributed by atoms with Gasteiger partial charge in [0.15, 0.2) is 0 Å². The monoisotopic (exact) mass is 308 g/mol. The standard InChI is InChI=1S/C14H13BrOS/c1-16-13-4-2-3-5-14(13)17-10-11-6-8-12(15)9-7-11/h2-9H,10H2,1H3. The molecule has 0 bridgehead atoms. The van der Waals surface area contributed by atoms with Crippen LogP contribution in [-0.4, -0.2) is 7.11 Å². The lowest BCUT2D eigenvalue weighted by Crippen LogP contribution is -1.86. The van der Waals surface area contributed by atoms with E-state index in [1.54, 1.807) is 18.9 Å². The number of hydrogen-bond donors (Lipinski definition) is 0. The van der Waals surface area contributed by atoms with Crippen LogP contribution in [0, 0.1) is 0 Å². The van der Waals surface area contributed by atoms with Crippen LogP contribution in [0.25, 0.3) is 0 Å². The highest BCUT2D eigenvalue weighted by Crippen LogP contribution is 2.31. The first-order valence-corrected chi connectivity index (χ1v) is 7.08. The Morgan fingerprint density at radius 1 is 1.06 bits per heavy atom. The third-order valence-electron chi connectivity index (χ3n) is 2.38. The average Bonchev–Trinajstić information content (AvgIpc) is 2.38. The van der Waals surface area contributed by atoms with Crippen molar-refractivity contribution in [2.45, 2.75) is 10.6 Å². The Hall–Kier alpha value is -0.930. The SMILES string of the molecule is COc1ccccc1SCc1ccc(Br)cc1. The minimum Gasteiger partial charge on any atom is -0.496 e. The van der Waals surface area contributed by atoms with Gasteiger partial charge in [0.2, 0.25) is 0 Å². The van der Waals surface area contributed by atoms with Gasteiger partial charge in [-0.25, -0.2) is 0 Å².